The van der Waals surface area contributed by atoms with Crippen molar-refractivity contribution < 1.29 is 4.42 Å². The summed E-state index contributed by atoms with van der Waals surface area (Å²) < 4.78 is 5.73. The minimum atomic E-state index is 0.0203. The van der Waals surface area contributed by atoms with Crippen LogP contribution in [-0.4, -0.2) is 17.6 Å². The van der Waals surface area contributed by atoms with Crippen LogP contribution in [0.15, 0.2) is 22.6 Å². The molecule has 0 aliphatic heterocycles. The Labute approximate surface area is 101 Å². The number of anilines is 2. The number of rotatable bonds is 3. The normalized spacial score (nSPS) is 12.0. The third-order valence-corrected chi connectivity index (χ3v) is 3.46. The molecule has 0 saturated heterocycles. The van der Waals surface area contributed by atoms with E-state index in [-0.39, 0.29) is 5.54 Å². The van der Waals surface area contributed by atoms with Crippen molar-refractivity contribution in [1.82, 2.24) is 4.98 Å². The third-order valence-electron chi connectivity index (χ3n) is 3.46. The van der Waals surface area contributed by atoms with Crippen molar-refractivity contribution in [3.05, 3.63) is 18.2 Å². The second-order valence-corrected chi connectivity index (χ2v) is 4.95. The van der Waals surface area contributed by atoms with Crippen molar-refractivity contribution in [2.75, 3.05) is 17.7 Å². The molecule has 0 unspecified atom stereocenters. The Morgan fingerprint density at radius 2 is 2.12 bits per heavy atom. The Hall–Kier alpha value is -1.71. The van der Waals surface area contributed by atoms with Crippen LogP contribution in [0, 0.1) is 0 Å². The van der Waals surface area contributed by atoms with Gasteiger partial charge in [0.15, 0.2) is 5.58 Å². The molecule has 0 amide bonds. The standard InChI is InChI=1S/C13H19N3O/c1-5-13(2,3)16(4)12-15-10-8-9(14)6-7-11(10)17-12/h6-8H,5,14H2,1-4H3. The second kappa shape index (κ2) is 3.95. The molecule has 17 heavy (non-hydrogen) atoms. The zero-order valence-electron chi connectivity index (χ0n) is 10.8. The van der Waals surface area contributed by atoms with Gasteiger partial charge in [0.1, 0.15) is 5.52 Å². The highest BCUT2D eigenvalue weighted by Gasteiger charge is 2.25. The average Bonchev–Trinajstić information content (AvgIpc) is 2.70. The van der Waals surface area contributed by atoms with Crippen molar-refractivity contribution in [1.29, 1.82) is 0 Å². The molecule has 4 heteroatoms. The summed E-state index contributed by atoms with van der Waals surface area (Å²) in [7, 11) is 2.00. The van der Waals surface area contributed by atoms with E-state index in [1.165, 1.54) is 0 Å². The van der Waals surface area contributed by atoms with Gasteiger partial charge in [0, 0.05) is 18.3 Å². The van der Waals surface area contributed by atoms with Gasteiger partial charge in [0.05, 0.1) is 0 Å². The number of nitrogen functional groups attached to an aromatic ring is 1. The van der Waals surface area contributed by atoms with Crippen molar-refractivity contribution in [3.63, 3.8) is 0 Å². The SMILES string of the molecule is CCC(C)(C)N(C)c1nc2cc(N)ccc2o1. The Morgan fingerprint density at radius 1 is 1.41 bits per heavy atom. The predicted molar refractivity (Wildman–Crippen MR) is 71.2 cm³/mol. The van der Waals surface area contributed by atoms with Crippen molar-refractivity contribution in [2.45, 2.75) is 32.7 Å². The molecule has 0 saturated carbocycles. The maximum Gasteiger partial charge on any atom is 0.298 e. The molecule has 4 nitrogen and oxygen atoms in total. The van der Waals surface area contributed by atoms with Gasteiger partial charge >= 0.3 is 0 Å². The number of fused-ring (bicyclic) bond motifs is 1. The summed E-state index contributed by atoms with van der Waals surface area (Å²) in [5.41, 5.74) is 8.03. The number of hydrogen-bond donors (Lipinski definition) is 1. The van der Waals surface area contributed by atoms with E-state index in [4.69, 9.17) is 10.2 Å². The van der Waals surface area contributed by atoms with E-state index < -0.39 is 0 Å². The van der Waals surface area contributed by atoms with Crippen LogP contribution in [0.3, 0.4) is 0 Å². The van der Waals surface area contributed by atoms with Gasteiger partial charge in [-0.15, -0.1) is 0 Å². The second-order valence-electron chi connectivity index (χ2n) is 4.95. The molecule has 2 aromatic rings. The number of hydrogen-bond acceptors (Lipinski definition) is 4. The highest BCUT2D eigenvalue weighted by molar-refractivity contribution is 5.78. The van der Waals surface area contributed by atoms with E-state index in [1.807, 2.05) is 25.2 Å². The van der Waals surface area contributed by atoms with E-state index in [9.17, 15) is 0 Å². The van der Waals surface area contributed by atoms with E-state index in [1.54, 1.807) is 0 Å². The first kappa shape index (κ1) is 11.8. The Morgan fingerprint density at radius 3 is 2.76 bits per heavy atom. The zero-order chi connectivity index (χ0) is 12.6. The lowest BCUT2D eigenvalue weighted by molar-refractivity contribution is 0.432. The molecule has 0 aliphatic carbocycles. The maximum atomic E-state index is 5.73. The topological polar surface area (TPSA) is 55.3 Å². The lowest BCUT2D eigenvalue weighted by Gasteiger charge is -2.33. The minimum Gasteiger partial charge on any atom is -0.423 e. The summed E-state index contributed by atoms with van der Waals surface area (Å²) in [6, 6.07) is 6.14. The summed E-state index contributed by atoms with van der Waals surface area (Å²) in [6.45, 7) is 6.48. The smallest absolute Gasteiger partial charge is 0.298 e. The first-order valence-corrected chi connectivity index (χ1v) is 5.84. The molecule has 0 bridgehead atoms. The lowest BCUT2D eigenvalue weighted by atomic mass is 10.0. The molecule has 0 aliphatic rings. The summed E-state index contributed by atoms with van der Waals surface area (Å²) in [5.74, 6) is 0. The van der Waals surface area contributed by atoms with E-state index in [0.29, 0.717) is 11.7 Å². The number of aromatic nitrogens is 1. The molecule has 2 rings (SSSR count). The lowest BCUT2D eigenvalue weighted by Crippen LogP contribution is -2.40. The maximum absolute atomic E-state index is 5.73. The zero-order valence-corrected chi connectivity index (χ0v) is 10.8. The molecular weight excluding hydrogens is 214 g/mol. The van der Waals surface area contributed by atoms with Gasteiger partial charge < -0.3 is 15.1 Å². The molecule has 0 radical (unpaired) electrons. The molecule has 0 fully saturated rings. The highest BCUT2D eigenvalue weighted by Crippen LogP contribution is 2.28. The first-order valence-electron chi connectivity index (χ1n) is 5.84. The van der Waals surface area contributed by atoms with E-state index >= 15 is 0 Å². The predicted octanol–water partition coefficient (Wildman–Crippen LogP) is 3.03. The van der Waals surface area contributed by atoms with Crippen molar-refractivity contribution in [3.8, 4) is 0 Å². The molecule has 0 spiro atoms. The van der Waals surface area contributed by atoms with Gasteiger partial charge in [-0.3, -0.25) is 0 Å². The highest BCUT2D eigenvalue weighted by atomic mass is 16.4. The van der Waals surface area contributed by atoms with Crippen LogP contribution in [0.5, 0.6) is 0 Å². The molecule has 1 heterocycles. The Bertz CT molecular complexity index is 530. The number of oxazole rings is 1. The Kier molecular flexibility index (Phi) is 2.73. The summed E-state index contributed by atoms with van der Waals surface area (Å²) >= 11 is 0. The molecule has 2 N–H and O–H groups in total. The van der Waals surface area contributed by atoms with Gasteiger partial charge in [-0.2, -0.15) is 4.98 Å². The van der Waals surface area contributed by atoms with Crippen LogP contribution >= 0.6 is 0 Å². The van der Waals surface area contributed by atoms with Gasteiger partial charge in [-0.25, -0.2) is 0 Å². The molecule has 1 aromatic heterocycles. The molecular formula is C13H19N3O. The van der Waals surface area contributed by atoms with Gasteiger partial charge in [0.2, 0.25) is 0 Å². The number of benzene rings is 1. The van der Waals surface area contributed by atoms with E-state index in [0.717, 1.165) is 17.5 Å². The quantitative estimate of drug-likeness (QED) is 0.828. The fraction of sp³-hybridized carbons (Fsp3) is 0.462. The van der Waals surface area contributed by atoms with Gasteiger partial charge in [0.25, 0.3) is 6.01 Å². The van der Waals surface area contributed by atoms with E-state index in [2.05, 4.69) is 30.7 Å². The Balaban J connectivity index is 2.43. The third kappa shape index (κ3) is 2.07. The van der Waals surface area contributed by atoms with Crippen LogP contribution < -0.4 is 10.6 Å². The van der Waals surface area contributed by atoms with Crippen molar-refractivity contribution >= 4 is 22.8 Å². The summed E-state index contributed by atoms with van der Waals surface area (Å²) in [5, 5.41) is 0. The molecule has 1 aromatic carbocycles. The van der Waals surface area contributed by atoms with Crippen LogP contribution in [0.2, 0.25) is 0 Å². The number of nitrogens with zero attached hydrogens (tertiary/aromatic N) is 2. The molecule has 92 valence electrons. The first-order chi connectivity index (χ1) is 7.94. The van der Waals surface area contributed by atoms with Gasteiger partial charge in [-0.1, -0.05) is 6.92 Å². The van der Waals surface area contributed by atoms with Crippen LogP contribution in [0.4, 0.5) is 11.7 Å². The van der Waals surface area contributed by atoms with Crippen LogP contribution in [0.25, 0.3) is 11.1 Å². The molecule has 0 atom stereocenters. The fourth-order valence-corrected chi connectivity index (χ4v) is 1.57. The largest absolute Gasteiger partial charge is 0.423 e. The van der Waals surface area contributed by atoms with Gasteiger partial charge in [-0.05, 0) is 38.5 Å². The minimum absolute atomic E-state index is 0.0203. The number of nitrogens with two attached hydrogens (primary N) is 1. The van der Waals surface area contributed by atoms with Crippen LogP contribution in [-0.2, 0) is 0 Å². The fourth-order valence-electron chi connectivity index (χ4n) is 1.57. The van der Waals surface area contributed by atoms with Crippen molar-refractivity contribution in [2.24, 2.45) is 0 Å². The summed E-state index contributed by atoms with van der Waals surface area (Å²) in [4.78, 5) is 6.53. The average molecular weight is 233 g/mol. The monoisotopic (exact) mass is 233 g/mol. The van der Waals surface area contributed by atoms with Crippen LogP contribution in [0.1, 0.15) is 27.2 Å². The summed E-state index contributed by atoms with van der Waals surface area (Å²) in [6.07, 6.45) is 1.02.